The first-order chi connectivity index (χ1) is 13.9. The average Bonchev–Trinajstić information content (AvgIpc) is 3.48. The lowest BCUT2D eigenvalue weighted by Gasteiger charge is -2.25. The maximum Gasteiger partial charge on any atom is 0.257 e. The Morgan fingerprint density at radius 2 is 2.17 bits per heavy atom. The van der Waals surface area contributed by atoms with Crippen LogP contribution in [0.25, 0.3) is 11.5 Å². The number of nitrogens with one attached hydrogen (secondary N) is 1. The van der Waals surface area contributed by atoms with Crippen molar-refractivity contribution in [3.05, 3.63) is 30.2 Å². The Kier molecular flexibility index (Phi) is 4.29. The van der Waals surface area contributed by atoms with Crippen molar-refractivity contribution in [1.29, 1.82) is 0 Å². The zero-order valence-electron chi connectivity index (χ0n) is 16.9. The van der Waals surface area contributed by atoms with Crippen LogP contribution in [0.2, 0.25) is 0 Å². The quantitative estimate of drug-likeness (QED) is 0.808. The lowest BCUT2D eigenvalue weighted by atomic mass is 9.87. The lowest BCUT2D eigenvalue weighted by molar-refractivity contribution is -0.131. The summed E-state index contributed by atoms with van der Waals surface area (Å²) in [5.74, 6) is 3.01. The number of carbonyl (C=O) groups excluding carboxylic acids is 2. The molecule has 2 aromatic heterocycles. The predicted octanol–water partition coefficient (Wildman–Crippen LogP) is 3.34. The first kappa shape index (κ1) is 18.5. The van der Waals surface area contributed by atoms with E-state index in [2.05, 4.69) is 24.3 Å². The Hall–Kier alpha value is -2.57. The molecule has 29 heavy (non-hydrogen) atoms. The zero-order chi connectivity index (χ0) is 20.2. The number of hydrogen-bond donors (Lipinski definition) is 1. The van der Waals surface area contributed by atoms with Gasteiger partial charge in [0.2, 0.25) is 11.7 Å². The monoisotopic (exact) mass is 397 g/mol. The van der Waals surface area contributed by atoms with Crippen LogP contribution >= 0.6 is 0 Å². The van der Waals surface area contributed by atoms with E-state index in [0.29, 0.717) is 42.5 Å². The molecule has 2 saturated carbocycles. The van der Waals surface area contributed by atoms with E-state index in [1.165, 1.54) is 31.7 Å². The molecule has 1 saturated heterocycles. The van der Waals surface area contributed by atoms with Gasteiger partial charge in [-0.3, -0.25) is 9.59 Å². The molecule has 0 radical (unpaired) electrons. The van der Waals surface area contributed by atoms with Crippen LogP contribution in [-0.4, -0.2) is 41.0 Å². The van der Waals surface area contributed by atoms with Gasteiger partial charge in [0.25, 0.3) is 5.91 Å². The Bertz CT molecular complexity index is 912. The van der Waals surface area contributed by atoms with Crippen molar-refractivity contribution < 1.29 is 18.5 Å². The SMILES string of the molecule is CC1(C)CN(C(=O)C[C@@H]2C[C@H]2C2CC2)CC1NC(=O)c1cnoc1-c1ccco1. The van der Waals surface area contributed by atoms with E-state index in [4.69, 9.17) is 8.94 Å². The van der Waals surface area contributed by atoms with Gasteiger partial charge >= 0.3 is 0 Å². The predicted molar refractivity (Wildman–Crippen MR) is 105 cm³/mol. The van der Waals surface area contributed by atoms with Crippen LogP contribution in [0.3, 0.4) is 0 Å². The molecule has 2 aliphatic carbocycles. The summed E-state index contributed by atoms with van der Waals surface area (Å²) >= 11 is 0. The van der Waals surface area contributed by atoms with Gasteiger partial charge in [-0.15, -0.1) is 0 Å². The maximum atomic E-state index is 12.9. The standard InChI is InChI=1S/C22H27N3O4/c1-22(2)12-25(19(26)9-14-8-15(14)13-5-6-13)11-18(22)24-21(27)16-10-23-29-20(16)17-4-3-7-28-17/h3-4,7,10,13-15,18H,5-6,8-9,11-12H2,1-2H3,(H,24,27)/t14-,15-,18?/m0/s1. The largest absolute Gasteiger partial charge is 0.461 e. The van der Waals surface area contributed by atoms with Crippen LogP contribution in [0.5, 0.6) is 0 Å². The molecule has 0 spiro atoms. The van der Waals surface area contributed by atoms with Crippen LogP contribution in [0.1, 0.15) is 49.9 Å². The first-order valence-electron chi connectivity index (χ1n) is 10.5. The summed E-state index contributed by atoms with van der Waals surface area (Å²) in [5.41, 5.74) is 0.137. The second kappa shape index (κ2) is 6.75. The minimum absolute atomic E-state index is 0.128. The highest BCUT2D eigenvalue weighted by Crippen LogP contribution is 2.55. The summed E-state index contributed by atoms with van der Waals surface area (Å²) in [6, 6.07) is 3.33. The fraction of sp³-hybridized carbons (Fsp3) is 0.591. The van der Waals surface area contributed by atoms with Gasteiger partial charge in [-0.25, -0.2) is 0 Å². The van der Waals surface area contributed by atoms with Gasteiger partial charge in [0, 0.05) is 24.9 Å². The molecule has 1 aliphatic heterocycles. The van der Waals surface area contributed by atoms with Crippen LogP contribution in [0.4, 0.5) is 0 Å². The third kappa shape index (κ3) is 3.58. The Labute approximate surface area is 169 Å². The van der Waals surface area contributed by atoms with Crippen molar-refractivity contribution >= 4 is 11.8 Å². The molecular formula is C22H27N3O4. The number of rotatable bonds is 6. The minimum atomic E-state index is -0.263. The molecule has 7 nitrogen and oxygen atoms in total. The van der Waals surface area contributed by atoms with Crippen molar-refractivity contribution in [2.75, 3.05) is 13.1 Å². The Morgan fingerprint density at radius 3 is 2.90 bits per heavy atom. The minimum Gasteiger partial charge on any atom is -0.461 e. The van der Waals surface area contributed by atoms with Crippen molar-refractivity contribution in [2.45, 2.75) is 45.6 Å². The molecule has 3 aliphatic rings. The van der Waals surface area contributed by atoms with Crippen LogP contribution in [-0.2, 0) is 4.79 Å². The normalized spacial score (nSPS) is 27.8. The molecule has 1 unspecified atom stereocenters. The number of amides is 2. The van der Waals surface area contributed by atoms with E-state index in [-0.39, 0.29) is 23.3 Å². The summed E-state index contributed by atoms with van der Waals surface area (Å²) in [7, 11) is 0. The molecule has 2 aromatic rings. The molecule has 0 aromatic carbocycles. The smallest absolute Gasteiger partial charge is 0.257 e. The summed E-state index contributed by atoms with van der Waals surface area (Å²) in [5, 5.41) is 6.85. The molecular weight excluding hydrogens is 370 g/mol. The molecule has 1 N–H and O–H groups in total. The van der Waals surface area contributed by atoms with Gasteiger partial charge in [-0.05, 0) is 49.1 Å². The number of furan rings is 1. The van der Waals surface area contributed by atoms with Crippen LogP contribution < -0.4 is 5.32 Å². The molecule has 3 heterocycles. The van der Waals surface area contributed by atoms with Crippen molar-refractivity contribution in [3.8, 4) is 11.5 Å². The first-order valence-corrected chi connectivity index (χ1v) is 10.5. The van der Waals surface area contributed by atoms with Gasteiger partial charge < -0.3 is 19.2 Å². The molecule has 5 rings (SSSR count). The number of carbonyl (C=O) groups is 2. The van der Waals surface area contributed by atoms with Gasteiger partial charge in [0.1, 0.15) is 5.56 Å². The number of aromatic nitrogens is 1. The number of likely N-dealkylation sites (tertiary alicyclic amines) is 1. The lowest BCUT2D eigenvalue weighted by Crippen LogP contribution is -2.44. The van der Waals surface area contributed by atoms with Gasteiger partial charge in [0.15, 0.2) is 5.76 Å². The molecule has 0 bridgehead atoms. The van der Waals surface area contributed by atoms with E-state index in [9.17, 15) is 9.59 Å². The van der Waals surface area contributed by atoms with E-state index in [0.717, 1.165) is 11.8 Å². The topological polar surface area (TPSA) is 88.6 Å². The Balaban J connectivity index is 1.22. The highest BCUT2D eigenvalue weighted by atomic mass is 16.5. The molecule has 7 heteroatoms. The van der Waals surface area contributed by atoms with Crippen molar-refractivity contribution in [1.82, 2.24) is 15.4 Å². The zero-order valence-corrected chi connectivity index (χ0v) is 16.9. The molecule has 3 atom stereocenters. The van der Waals surface area contributed by atoms with E-state index in [1.807, 2.05) is 4.90 Å². The fourth-order valence-corrected chi connectivity index (χ4v) is 4.75. The third-order valence-electron chi connectivity index (χ3n) is 6.80. The second-order valence-corrected chi connectivity index (χ2v) is 9.54. The van der Waals surface area contributed by atoms with Gasteiger partial charge in [-0.1, -0.05) is 19.0 Å². The summed E-state index contributed by atoms with van der Waals surface area (Å²) in [6.45, 7) is 5.39. The highest BCUT2D eigenvalue weighted by molar-refractivity contribution is 5.99. The second-order valence-electron chi connectivity index (χ2n) is 9.54. The van der Waals surface area contributed by atoms with Crippen LogP contribution in [0.15, 0.2) is 33.5 Å². The maximum absolute atomic E-state index is 12.9. The summed E-state index contributed by atoms with van der Waals surface area (Å²) in [6.07, 6.45) is 7.51. The Morgan fingerprint density at radius 1 is 1.34 bits per heavy atom. The van der Waals surface area contributed by atoms with E-state index in [1.54, 1.807) is 12.1 Å². The number of hydrogen-bond acceptors (Lipinski definition) is 5. The third-order valence-corrected chi connectivity index (χ3v) is 6.80. The van der Waals surface area contributed by atoms with Gasteiger partial charge in [0.05, 0.1) is 18.5 Å². The van der Waals surface area contributed by atoms with Gasteiger partial charge in [-0.2, -0.15) is 0 Å². The molecule has 154 valence electrons. The fourth-order valence-electron chi connectivity index (χ4n) is 4.75. The molecule has 2 amide bonds. The van der Waals surface area contributed by atoms with E-state index >= 15 is 0 Å². The van der Waals surface area contributed by atoms with Crippen LogP contribution in [0, 0.1) is 23.2 Å². The highest BCUT2D eigenvalue weighted by Gasteiger charge is 2.49. The summed E-state index contributed by atoms with van der Waals surface area (Å²) in [4.78, 5) is 27.6. The van der Waals surface area contributed by atoms with Crippen molar-refractivity contribution in [3.63, 3.8) is 0 Å². The average molecular weight is 397 g/mol. The molecule has 3 fully saturated rings. The van der Waals surface area contributed by atoms with Crippen molar-refractivity contribution in [2.24, 2.45) is 23.2 Å². The number of nitrogens with zero attached hydrogens (tertiary/aromatic N) is 2. The van der Waals surface area contributed by atoms with E-state index < -0.39 is 0 Å². The summed E-state index contributed by atoms with van der Waals surface area (Å²) < 4.78 is 10.6.